The van der Waals surface area contributed by atoms with Gasteiger partial charge in [0.25, 0.3) is 6.33 Å². The van der Waals surface area contributed by atoms with Crippen molar-refractivity contribution in [1.29, 1.82) is 0 Å². The normalized spacial score (nSPS) is 16.4. The molecule has 17 heavy (non-hydrogen) atoms. The van der Waals surface area contributed by atoms with Crippen molar-refractivity contribution in [3.05, 3.63) is 18.7 Å². The van der Waals surface area contributed by atoms with Crippen LogP contribution in [0.1, 0.15) is 12.8 Å². The van der Waals surface area contributed by atoms with E-state index in [2.05, 4.69) is 0 Å². The molecule has 1 aliphatic heterocycles. The first-order chi connectivity index (χ1) is 7.68. The molecule has 0 radical (unpaired) electrons. The number of ether oxygens (including phenoxy) is 1. The zero-order valence-corrected chi connectivity index (χ0v) is 12.3. The highest BCUT2D eigenvalue weighted by atomic mass is 127. The predicted molar refractivity (Wildman–Crippen MR) is 58.0 cm³/mol. The lowest BCUT2D eigenvalue weighted by Crippen LogP contribution is -3.00. The van der Waals surface area contributed by atoms with Gasteiger partial charge in [-0.15, -0.1) is 0 Å². The van der Waals surface area contributed by atoms with Gasteiger partial charge < -0.3 is 33.6 Å². The van der Waals surface area contributed by atoms with Gasteiger partial charge in [0.2, 0.25) is 0 Å². The Hall–Kier alpha value is -0.630. The van der Waals surface area contributed by atoms with E-state index in [1.807, 2.05) is 29.8 Å². The number of halogens is 1. The molecule has 5 nitrogen and oxygen atoms in total. The topological polar surface area (TPSA) is 38.4 Å². The van der Waals surface area contributed by atoms with Gasteiger partial charge in [-0.05, 0) is 12.8 Å². The minimum Gasteiger partial charge on any atom is -1.00 e. The van der Waals surface area contributed by atoms with Crippen LogP contribution in [0.4, 0.5) is 4.79 Å². The zero-order valence-electron chi connectivity index (χ0n) is 10.2. The summed E-state index contributed by atoms with van der Waals surface area (Å²) in [4.78, 5) is 13.9. The van der Waals surface area contributed by atoms with Crippen molar-refractivity contribution in [3.8, 4) is 0 Å². The molecule has 1 aliphatic rings. The second kappa shape index (κ2) is 6.34. The summed E-state index contributed by atoms with van der Waals surface area (Å²) in [6.45, 7) is 1.50. The Bertz CT molecular complexity index is 375. The number of hydrogen-bond donors (Lipinski definition) is 0. The average Bonchev–Trinajstić information content (AvgIpc) is 2.75. The fraction of sp³-hybridized carbons (Fsp3) is 0.636. The van der Waals surface area contributed by atoms with Gasteiger partial charge in [-0.3, -0.25) is 0 Å². The summed E-state index contributed by atoms with van der Waals surface area (Å²) in [7, 11) is 3.76. The predicted octanol–water partition coefficient (Wildman–Crippen LogP) is -2.60. The maximum atomic E-state index is 12.1. The average molecular weight is 351 g/mol. The molecular formula is C11H18IN3O2. The lowest BCUT2D eigenvalue weighted by Gasteiger charge is -2.29. The molecule has 0 aromatic carbocycles. The lowest BCUT2D eigenvalue weighted by molar-refractivity contribution is -0.670. The molecule has 0 aliphatic carbocycles. The van der Waals surface area contributed by atoms with Gasteiger partial charge in [-0.1, -0.05) is 0 Å². The van der Waals surface area contributed by atoms with Crippen molar-refractivity contribution in [3.63, 3.8) is 0 Å². The summed E-state index contributed by atoms with van der Waals surface area (Å²) in [6.07, 6.45) is 7.26. The second-order valence-electron chi connectivity index (χ2n) is 4.22. The summed E-state index contributed by atoms with van der Waals surface area (Å²) < 4.78 is 8.75. The highest BCUT2D eigenvalue weighted by Gasteiger charge is 2.26. The van der Waals surface area contributed by atoms with Crippen molar-refractivity contribution in [2.24, 2.45) is 7.05 Å². The molecule has 0 unspecified atom stereocenters. The Balaban J connectivity index is 0.00000144. The van der Waals surface area contributed by atoms with Gasteiger partial charge in [-0.2, -0.15) is 4.57 Å². The van der Waals surface area contributed by atoms with E-state index in [4.69, 9.17) is 4.74 Å². The summed E-state index contributed by atoms with van der Waals surface area (Å²) in [5.74, 6) is 0. The minimum absolute atomic E-state index is 0. The third-order valence-electron chi connectivity index (χ3n) is 3.03. The van der Waals surface area contributed by atoms with Crippen LogP contribution in [0.3, 0.4) is 0 Å². The van der Waals surface area contributed by atoms with Crippen LogP contribution < -0.4 is 28.5 Å². The molecule has 1 saturated heterocycles. The van der Waals surface area contributed by atoms with Crippen molar-refractivity contribution < 1.29 is 38.1 Å². The number of aromatic nitrogens is 2. The molecule has 2 heterocycles. The van der Waals surface area contributed by atoms with Gasteiger partial charge in [0, 0.05) is 26.3 Å². The number of imidazole rings is 1. The van der Waals surface area contributed by atoms with Crippen LogP contribution in [0.5, 0.6) is 0 Å². The smallest absolute Gasteiger partial charge is 0.415 e. The second-order valence-corrected chi connectivity index (χ2v) is 4.22. The zero-order chi connectivity index (χ0) is 11.5. The van der Waals surface area contributed by atoms with Crippen LogP contribution in [-0.2, 0) is 11.8 Å². The summed E-state index contributed by atoms with van der Waals surface area (Å²) >= 11 is 0. The minimum atomic E-state index is 0. The molecule has 0 saturated carbocycles. The first-order valence-electron chi connectivity index (χ1n) is 5.56. The molecule has 1 fully saturated rings. The Morgan fingerprint density at radius 3 is 2.65 bits per heavy atom. The van der Waals surface area contributed by atoms with E-state index in [0.29, 0.717) is 6.04 Å². The van der Waals surface area contributed by atoms with Crippen molar-refractivity contribution >= 4 is 6.03 Å². The number of nitrogens with zero attached hydrogens (tertiary/aromatic N) is 3. The monoisotopic (exact) mass is 351 g/mol. The number of amides is 1. The molecule has 2 rings (SSSR count). The van der Waals surface area contributed by atoms with Crippen molar-refractivity contribution in [1.82, 2.24) is 9.47 Å². The van der Waals surface area contributed by atoms with Crippen LogP contribution in [0.25, 0.3) is 0 Å². The molecule has 1 aromatic rings. The highest BCUT2D eigenvalue weighted by molar-refractivity contribution is 5.76. The molecule has 0 bridgehead atoms. The fourth-order valence-corrected chi connectivity index (χ4v) is 1.97. The standard InChI is InChI=1S/C11H18N3O2.HI/c1-12-5-6-14(9-12)11(15)13(2)10-3-7-16-8-4-10;/h5-6,9-10H,3-4,7-8H2,1-2H3;1H/q+1;/p-1. The molecule has 0 atom stereocenters. The lowest BCUT2D eigenvalue weighted by atomic mass is 10.1. The number of carbonyl (C=O) groups is 1. The molecule has 1 amide bonds. The Kier molecular flexibility index (Phi) is 5.38. The van der Waals surface area contributed by atoms with Gasteiger partial charge in [0.1, 0.15) is 12.4 Å². The first kappa shape index (κ1) is 14.4. The number of aryl methyl sites for hydroxylation is 1. The molecule has 1 aromatic heterocycles. The largest absolute Gasteiger partial charge is 1.00 e. The van der Waals surface area contributed by atoms with E-state index in [0.717, 1.165) is 26.1 Å². The molecule has 0 N–H and O–H groups in total. The van der Waals surface area contributed by atoms with Crippen molar-refractivity contribution in [2.75, 3.05) is 20.3 Å². The number of rotatable bonds is 1. The van der Waals surface area contributed by atoms with Crippen LogP contribution in [0.15, 0.2) is 18.7 Å². The SMILES string of the molecule is CN(C(=O)n1cc[n+](C)c1)C1CCOCC1.[I-]. The first-order valence-corrected chi connectivity index (χ1v) is 5.56. The molecule has 6 heteroatoms. The van der Waals surface area contributed by atoms with E-state index in [9.17, 15) is 4.79 Å². The Morgan fingerprint density at radius 2 is 2.12 bits per heavy atom. The highest BCUT2D eigenvalue weighted by Crippen LogP contribution is 2.13. The van der Waals surface area contributed by atoms with E-state index in [-0.39, 0.29) is 30.0 Å². The van der Waals surface area contributed by atoms with E-state index < -0.39 is 0 Å². The molecular weight excluding hydrogens is 333 g/mol. The summed E-state index contributed by atoms with van der Waals surface area (Å²) in [6, 6.07) is 0.321. The molecule has 0 spiro atoms. The van der Waals surface area contributed by atoms with Crippen LogP contribution in [0.2, 0.25) is 0 Å². The Labute approximate surface area is 118 Å². The van der Waals surface area contributed by atoms with E-state index in [1.54, 1.807) is 17.1 Å². The maximum absolute atomic E-state index is 12.1. The Morgan fingerprint density at radius 1 is 1.47 bits per heavy atom. The summed E-state index contributed by atoms with van der Waals surface area (Å²) in [5, 5.41) is 0. The van der Waals surface area contributed by atoms with Crippen LogP contribution in [0, 0.1) is 0 Å². The fourth-order valence-electron chi connectivity index (χ4n) is 1.97. The quantitative estimate of drug-likeness (QED) is 0.411. The van der Waals surface area contributed by atoms with Crippen molar-refractivity contribution in [2.45, 2.75) is 18.9 Å². The van der Waals surface area contributed by atoms with Gasteiger partial charge in [0.15, 0.2) is 0 Å². The number of hydrogen-bond acceptors (Lipinski definition) is 2. The third-order valence-corrected chi connectivity index (χ3v) is 3.03. The van der Waals surface area contributed by atoms with E-state index in [1.165, 1.54) is 0 Å². The van der Waals surface area contributed by atoms with E-state index >= 15 is 0 Å². The van der Waals surface area contributed by atoms with Crippen LogP contribution >= 0.6 is 0 Å². The van der Waals surface area contributed by atoms with Crippen LogP contribution in [-0.4, -0.2) is 41.8 Å². The summed E-state index contributed by atoms with van der Waals surface area (Å²) in [5.41, 5.74) is 0. The third kappa shape index (κ3) is 3.41. The maximum Gasteiger partial charge on any atom is 0.415 e. The van der Waals surface area contributed by atoms with Gasteiger partial charge in [-0.25, -0.2) is 9.36 Å². The number of carbonyl (C=O) groups excluding carboxylic acids is 1. The molecule has 96 valence electrons. The van der Waals surface area contributed by atoms with Gasteiger partial charge >= 0.3 is 6.03 Å². The van der Waals surface area contributed by atoms with Gasteiger partial charge in [0.05, 0.1) is 7.05 Å².